The molecular weight excluding hydrogens is 359 g/mol. The van der Waals surface area contributed by atoms with Crippen LogP contribution in [0.1, 0.15) is 19.4 Å². The molecule has 0 saturated heterocycles. The van der Waals surface area contributed by atoms with Crippen LogP contribution in [0.3, 0.4) is 0 Å². The number of amides is 2. The van der Waals surface area contributed by atoms with Crippen molar-refractivity contribution in [3.8, 4) is 0 Å². The lowest BCUT2D eigenvalue weighted by atomic mass is 10.0. The molecule has 3 N–H and O–H groups in total. The van der Waals surface area contributed by atoms with Crippen LogP contribution in [0.15, 0.2) is 18.2 Å². The van der Waals surface area contributed by atoms with Crippen LogP contribution in [0.4, 0.5) is 10.5 Å². The molecule has 0 aliphatic heterocycles. The van der Waals surface area contributed by atoms with Crippen LogP contribution in [0.25, 0.3) is 0 Å². The zero-order valence-electron chi connectivity index (χ0n) is 11.0. The number of carboxylic acids is 1. The number of rotatable bonds is 4. The van der Waals surface area contributed by atoms with E-state index in [1.807, 2.05) is 25.1 Å². The van der Waals surface area contributed by atoms with Gasteiger partial charge in [-0.2, -0.15) is 0 Å². The first-order chi connectivity index (χ1) is 8.81. The van der Waals surface area contributed by atoms with E-state index in [0.717, 1.165) is 9.13 Å². The Morgan fingerprint density at radius 2 is 1.95 bits per heavy atom. The van der Waals surface area contributed by atoms with Crippen LogP contribution >= 0.6 is 22.6 Å². The Bertz CT molecular complexity index is 491. The van der Waals surface area contributed by atoms with Crippen molar-refractivity contribution in [2.75, 3.05) is 5.32 Å². The third-order valence-electron chi connectivity index (χ3n) is 2.93. The van der Waals surface area contributed by atoms with E-state index in [-0.39, 0.29) is 0 Å². The highest BCUT2D eigenvalue weighted by Crippen LogP contribution is 2.17. The summed E-state index contributed by atoms with van der Waals surface area (Å²) in [6.45, 7) is 5.21. The molecule has 0 aliphatic carbocycles. The normalized spacial score (nSPS) is 13.5. The van der Waals surface area contributed by atoms with Crippen LogP contribution in [0, 0.1) is 16.4 Å². The molecule has 2 amide bonds. The van der Waals surface area contributed by atoms with Crippen molar-refractivity contribution in [3.63, 3.8) is 0 Å². The van der Waals surface area contributed by atoms with Gasteiger partial charge >= 0.3 is 12.0 Å². The fraction of sp³-hybridized carbons (Fsp3) is 0.385. The third kappa shape index (κ3) is 4.70. The molecule has 1 aromatic rings. The number of carboxylic acid groups (broad SMARTS) is 1. The second-order valence-electron chi connectivity index (χ2n) is 4.48. The highest BCUT2D eigenvalue weighted by molar-refractivity contribution is 14.1. The number of nitrogens with one attached hydrogen (secondary N) is 2. The van der Waals surface area contributed by atoms with E-state index in [1.54, 1.807) is 13.8 Å². The van der Waals surface area contributed by atoms with E-state index in [2.05, 4.69) is 33.2 Å². The second kappa shape index (κ2) is 6.74. The minimum atomic E-state index is -0.933. The molecule has 1 rings (SSSR count). The number of urea groups is 1. The first-order valence-electron chi connectivity index (χ1n) is 5.87. The van der Waals surface area contributed by atoms with Gasteiger partial charge in [0.05, 0.1) is 5.92 Å². The predicted octanol–water partition coefficient (Wildman–Crippen LogP) is 2.83. The van der Waals surface area contributed by atoms with Gasteiger partial charge in [0, 0.05) is 15.3 Å². The topological polar surface area (TPSA) is 78.4 Å². The molecular formula is C13H17IN2O3. The van der Waals surface area contributed by atoms with Crippen molar-refractivity contribution in [2.45, 2.75) is 26.8 Å². The number of halogens is 1. The monoisotopic (exact) mass is 376 g/mol. The van der Waals surface area contributed by atoms with Gasteiger partial charge in [0.15, 0.2) is 0 Å². The Kier molecular flexibility index (Phi) is 5.59. The van der Waals surface area contributed by atoms with Gasteiger partial charge in [-0.15, -0.1) is 0 Å². The quantitative estimate of drug-likeness (QED) is 0.708. The summed E-state index contributed by atoms with van der Waals surface area (Å²) in [5, 5.41) is 14.1. The summed E-state index contributed by atoms with van der Waals surface area (Å²) in [6.07, 6.45) is 0. The lowest BCUT2D eigenvalue weighted by molar-refractivity contribution is -0.141. The van der Waals surface area contributed by atoms with Crippen LogP contribution in [-0.4, -0.2) is 23.1 Å². The molecule has 0 saturated carbocycles. The first-order valence-corrected chi connectivity index (χ1v) is 6.95. The SMILES string of the molecule is Cc1ccc(NC(=O)NC(C)C(C)C(=O)O)cc1I. The van der Waals surface area contributed by atoms with Gasteiger partial charge in [-0.3, -0.25) is 4.79 Å². The van der Waals surface area contributed by atoms with Crippen molar-refractivity contribution in [1.29, 1.82) is 0 Å². The summed E-state index contributed by atoms with van der Waals surface area (Å²) in [5.74, 6) is -1.57. The molecule has 0 spiro atoms. The average Bonchev–Trinajstić information content (AvgIpc) is 2.32. The Balaban J connectivity index is 2.60. The molecule has 19 heavy (non-hydrogen) atoms. The molecule has 0 aliphatic rings. The summed E-state index contributed by atoms with van der Waals surface area (Å²) in [6, 6.07) is 4.74. The van der Waals surface area contributed by atoms with Crippen molar-refractivity contribution >= 4 is 40.3 Å². The second-order valence-corrected chi connectivity index (χ2v) is 5.64. The molecule has 0 heterocycles. The van der Waals surface area contributed by atoms with Crippen LogP contribution in [0.2, 0.25) is 0 Å². The molecule has 1 aromatic carbocycles. The fourth-order valence-corrected chi connectivity index (χ4v) is 1.90. The zero-order chi connectivity index (χ0) is 14.6. The maximum Gasteiger partial charge on any atom is 0.319 e. The van der Waals surface area contributed by atoms with Gasteiger partial charge in [-0.25, -0.2) is 4.79 Å². The van der Waals surface area contributed by atoms with Gasteiger partial charge in [0.1, 0.15) is 0 Å². The van der Waals surface area contributed by atoms with Gasteiger partial charge in [0.2, 0.25) is 0 Å². The minimum Gasteiger partial charge on any atom is -0.481 e. The number of benzene rings is 1. The van der Waals surface area contributed by atoms with Gasteiger partial charge < -0.3 is 15.7 Å². The Hall–Kier alpha value is -1.31. The Morgan fingerprint density at radius 1 is 1.32 bits per heavy atom. The van der Waals surface area contributed by atoms with Crippen molar-refractivity contribution in [3.05, 3.63) is 27.3 Å². The van der Waals surface area contributed by atoms with Gasteiger partial charge in [0.25, 0.3) is 0 Å². The molecule has 6 heteroatoms. The van der Waals surface area contributed by atoms with E-state index >= 15 is 0 Å². The maximum absolute atomic E-state index is 11.7. The predicted molar refractivity (Wildman–Crippen MR) is 82.3 cm³/mol. The Morgan fingerprint density at radius 3 is 2.47 bits per heavy atom. The summed E-state index contributed by atoms with van der Waals surface area (Å²) in [7, 11) is 0. The smallest absolute Gasteiger partial charge is 0.319 e. The van der Waals surface area contributed by atoms with Crippen LogP contribution in [-0.2, 0) is 4.79 Å². The van der Waals surface area contributed by atoms with Crippen molar-refractivity contribution in [1.82, 2.24) is 5.32 Å². The molecule has 2 atom stereocenters. The summed E-state index contributed by atoms with van der Waals surface area (Å²) < 4.78 is 1.06. The van der Waals surface area contributed by atoms with E-state index < -0.39 is 24.0 Å². The van der Waals surface area contributed by atoms with Crippen molar-refractivity contribution in [2.24, 2.45) is 5.92 Å². The lowest BCUT2D eigenvalue weighted by Gasteiger charge is -2.18. The average molecular weight is 376 g/mol. The largest absolute Gasteiger partial charge is 0.481 e. The van der Waals surface area contributed by atoms with E-state index in [9.17, 15) is 9.59 Å². The number of anilines is 1. The molecule has 0 fully saturated rings. The summed E-state index contributed by atoms with van der Waals surface area (Å²) in [4.78, 5) is 22.5. The zero-order valence-corrected chi connectivity index (χ0v) is 13.2. The maximum atomic E-state index is 11.7. The summed E-state index contributed by atoms with van der Waals surface area (Å²) in [5.41, 5.74) is 1.82. The van der Waals surface area contributed by atoms with E-state index in [1.165, 1.54) is 0 Å². The van der Waals surface area contributed by atoms with Crippen molar-refractivity contribution < 1.29 is 14.7 Å². The minimum absolute atomic E-state index is 0.403. The third-order valence-corrected chi connectivity index (χ3v) is 4.09. The number of carbonyl (C=O) groups is 2. The number of hydrogen-bond donors (Lipinski definition) is 3. The summed E-state index contributed by atoms with van der Waals surface area (Å²) >= 11 is 2.19. The van der Waals surface area contributed by atoms with E-state index in [0.29, 0.717) is 5.69 Å². The number of carbonyl (C=O) groups excluding carboxylic acids is 1. The van der Waals surface area contributed by atoms with Gasteiger partial charge in [-0.1, -0.05) is 6.07 Å². The Labute approximate surface area is 125 Å². The molecule has 2 unspecified atom stereocenters. The molecule has 0 radical (unpaired) electrons. The van der Waals surface area contributed by atoms with E-state index in [4.69, 9.17) is 5.11 Å². The van der Waals surface area contributed by atoms with Gasteiger partial charge in [-0.05, 0) is 61.1 Å². The lowest BCUT2D eigenvalue weighted by Crippen LogP contribution is -2.42. The highest BCUT2D eigenvalue weighted by atomic mass is 127. The number of aliphatic carboxylic acids is 1. The molecule has 5 nitrogen and oxygen atoms in total. The number of hydrogen-bond acceptors (Lipinski definition) is 2. The highest BCUT2D eigenvalue weighted by Gasteiger charge is 2.20. The van der Waals surface area contributed by atoms with Crippen LogP contribution < -0.4 is 10.6 Å². The fourth-order valence-electron chi connectivity index (χ4n) is 1.38. The standard InChI is InChI=1S/C13H17IN2O3/c1-7-4-5-10(6-11(7)14)16-13(19)15-9(3)8(2)12(17)18/h4-6,8-9H,1-3H3,(H,17,18)(H2,15,16,19). The number of aryl methyl sites for hydroxylation is 1. The molecule has 0 bridgehead atoms. The molecule has 104 valence electrons. The van der Waals surface area contributed by atoms with Crippen LogP contribution in [0.5, 0.6) is 0 Å². The first kappa shape index (κ1) is 15.7. The molecule has 0 aromatic heterocycles.